The molecule has 1 aromatic carbocycles. The van der Waals surface area contributed by atoms with Crippen LogP contribution in [0.15, 0.2) is 48.9 Å². The van der Waals surface area contributed by atoms with Crippen molar-refractivity contribution in [3.05, 3.63) is 60.3 Å². The molecule has 1 saturated heterocycles. The lowest BCUT2D eigenvalue weighted by molar-refractivity contribution is 0.343. The quantitative estimate of drug-likeness (QED) is 0.777. The zero-order chi connectivity index (χ0) is 14.1. The van der Waals surface area contributed by atoms with Crippen LogP contribution < -0.4 is 5.32 Å². The Morgan fingerprint density at radius 1 is 1.05 bits per heavy atom. The summed E-state index contributed by atoms with van der Waals surface area (Å²) in [5, 5.41) is 12.3. The van der Waals surface area contributed by atoms with E-state index in [-0.39, 0.29) is 5.41 Å². The summed E-state index contributed by atoms with van der Waals surface area (Å²) < 4.78 is 2.07. The molecule has 106 valence electrons. The Bertz CT molecular complexity index is 743. The van der Waals surface area contributed by atoms with Crippen LogP contribution >= 0.6 is 0 Å². The van der Waals surface area contributed by atoms with Crippen molar-refractivity contribution in [1.29, 1.82) is 0 Å². The predicted molar refractivity (Wildman–Crippen MR) is 80.1 cm³/mol. The largest absolute Gasteiger partial charge is 0.317 e. The number of nitrogens with zero attached hydrogens (tertiary/aromatic N) is 4. The highest BCUT2D eigenvalue weighted by molar-refractivity contribution is 5.41. The molecule has 1 aliphatic heterocycles. The molecule has 5 heteroatoms. The molecule has 3 heterocycles. The first kappa shape index (κ1) is 12.5. The van der Waals surface area contributed by atoms with E-state index in [9.17, 15) is 0 Å². The zero-order valence-electron chi connectivity index (χ0n) is 11.7. The lowest BCUT2D eigenvalue weighted by Crippen LogP contribution is -2.42. The van der Waals surface area contributed by atoms with Gasteiger partial charge in [-0.3, -0.25) is 9.38 Å². The summed E-state index contributed by atoms with van der Waals surface area (Å²) in [5.74, 6) is 1.02. The number of piperidine rings is 1. The third kappa shape index (κ3) is 1.93. The number of aromatic nitrogens is 4. The van der Waals surface area contributed by atoms with Gasteiger partial charge in [-0.1, -0.05) is 30.3 Å². The molecule has 3 aromatic rings. The third-order valence-electron chi connectivity index (χ3n) is 4.43. The van der Waals surface area contributed by atoms with E-state index in [2.05, 4.69) is 55.2 Å². The highest BCUT2D eigenvalue weighted by Crippen LogP contribution is 2.39. The van der Waals surface area contributed by atoms with Crippen molar-refractivity contribution in [2.75, 3.05) is 13.1 Å². The topological polar surface area (TPSA) is 55.1 Å². The summed E-state index contributed by atoms with van der Waals surface area (Å²) in [6.07, 6.45) is 7.56. The van der Waals surface area contributed by atoms with E-state index in [1.807, 2.05) is 6.20 Å². The average Bonchev–Trinajstić information content (AvgIpc) is 3.01. The van der Waals surface area contributed by atoms with Crippen LogP contribution in [0, 0.1) is 0 Å². The van der Waals surface area contributed by atoms with Gasteiger partial charge in [-0.15, -0.1) is 10.2 Å². The van der Waals surface area contributed by atoms with E-state index in [1.54, 1.807) is 12.4 Å². The van der Waals surface area contributed by atoms with Gasteiger partial charge < -0.3 is 5.32 Å². The molecule has 21 heavy (non-hydrogen) atoms. The molecule has 5 nitrogen and oxygen atoms in total. The van der Waals surface area contributed by atoms with Crippen LogP contribution in [0.2, 0.25) is 0 Å². The van der Waals surface area contributed by atoms with Gasteiger partial charge in [-0.2, -0.15) is 0 Å². The summed E-state index contributed by atoms with van der Waals surface area (Å²) in [7, 11) is 0. The van der Waals surface area contributed by atoms with Crippen LogP contribution in [-0.4, -0.2) is 32.7 Å². The van der Waals surface area contributed by atoms with Crippen LogP contribution in [0.3, 0.4) is 0 Å². The lowest BCUT2D eigenvalue weighted by Gasteiger charge is -2.36. The van der Waals surface area contributed by atoms with E-state index in [4.69, 9.17) is 0 Å². The van der Waals surface area contributed by atoms with Crippen molar-refractivity contribution in [1.82, 2.24) is 24.9 Å². The van der Waals surface area contributed by atoms with Crippen LogP contribution in [0.1, 0.15) is 24.2 Å². The first-order valence-electron chi connectivity index (χ1n) is 7.32. The van der Waals surface area contributed by atoms with Gasteiger partial charge in [0.05, 0.1) is 11.6 Å². The highest BCUT2D eigenvalue weighted by Gasteiger charge is 2.39. The molecule has 0 amide bonds. The molecule has 0 aliphatic carbocycles. The van der Waals surface area contributed by atoms with Crippen molar-refractivity contribution in [3.63, 3.8) is 0 Å². The Labute approximate surface area is 123 Å². The minimum Gasteiger partial charge on any atom is -0.317 e. The molecule has 0 spiro atoms. The van der Waals surface area contributed by atoms with Crippen LogP contribution in [0.5, 0.6) is 0 Å². The Hall–Kier alpha value is -2.27. The van der Waals surface area contributed by atoms with E-state index < -0.39 is 0 Å². The zero-order valence-corrected chi connectivity index (χ0v) is 11.7. The van der Waals surface area contributed by atoms with Crippen molar-refractivity contribution >= 4 is 5.65 Å². The van der Waals surface area contributed by atoms with Gasteiger partial charge in [0.1, 0.15) is 5.82 Å². The molecule has 1 aliphatic rings. The fourth-order valence-corrected chi connectivity index (χ4v) is 3.33. The van der Waals surface area contributed by atoms with Gasteiger partial charge in [0, 0.05) is 12.4 Å². The third-order valence-corrected chi connectivity index (χ3v) is 4.43. The van der Waals surface area contributed by atoms with Gasteiger partial charge in [0.15, 0.2) is 5.65 Å². The van der Waals surface area contributed by atoms with Gasteiger partial charge in [0.25, 0.3) is 0 Å². The molecule has 4 rings (SSSR count). The molecule has 1 N–H and O–H groups in total. The Balaban J connectivity index is 1.94. The summed E-state index contributed by atoms with van der Waals surface area (Å²) in [5.41, 5.74) is 2.05. The minimum atomic E-state index is -0.0761. The summed E-state index contributed by atoms with van der Waals surface area (Å²) in [6.45, 7) is 1.99. The molecular formula is C16H17N5. The number of nitrogens with one attached hydrogen (secondary N) is 1. The van der Waals surface area contributed by atoms with Gasteiger partial charge >= 0.3 is 0 Å². The normalized spacial score (nSPS) is 17.9. The Morgan fingerprint density at radius 2 is 1.86 bits per heavy atom. The Kier molecular flexibility index (Phi) is 2.93. The molecule has 0 bridgehead atoms. The fourth-order valence-electron chi connectivity index (χ4n) is 3.33. The molecule has 1 fully saturated rings. The van der Waals surface area contributed by atoms with Crippen molar-refractivity contribution in [2.24, 2.45) is 0 Å². The van der Waals surface area contributed by atoms with E-state index in [1.165, 1.54) is 5.56 Å². The average molecular weight is 279 g/mol. The minimum absolute atomic E-state index is 0.0761. The predicted octanol–water partition coefficient (Wildman–Crippen LogP) is 1.79. The Morgan fingerprint density at radius 3 is 2.67 bits per heavy atom. The maximum Gasteiger partial charge on any atom is 0.179 e. The van der Waals surface area contributed by atoms with Crippen molar-refractivity contribution in [2.45, 2.75) is 18.3 Å². The summed E-state index contributed by atoms with van der Waals surface area (Å²) in [4.78, 5) is 4.13. The van der Waals surface area contributed by atoms with E-state index in [0.717, 1.165) is 37.4 Å². The maximum absolute atomic E-state index is 4.51. The molecule has 2 aromatic heterocycles. The van der Waals surface area contributed by atoms with E-state index >= 15 is 0 Å². The van der Waals surface area contributed by atoms with Gasteiger partial charge in [-0.05, 0) is 31.5 Å². The van der Waals surface area contributed by atoms with Crippen molar-refractivity contribution in [3.8, 4) is 0 Å². The first-order valence-corrected chi connectivity index (χ1v) is 7.32. The molecule has 0 radical (unpaired) electrons. The van der Waals surface area contributed by atoms with Crippen LogP contribution in [-0.2, 0) is 5.41 Å². The maximum atomic E-state index is 4.51. The standard InChI is InChI=1S/C16H17N5/c1-2-4-13(5-3-1)16(6-8-17-9-7-16)15-20-19-14-12-18-10-11-21(14)15/h1-5,10-12,17H,6-9H2. The highest BCUT2D eigenvalue weighted by atomic mass is 15.3. The second kappa shape index (κ2) is 4.93. The number of hydrogen-bond donors (Lipinski definition) is 1. The molecule has 0 saturated carbocycles. The number of rotatable bonds is 2. The first-order chi connectivity index (χ1) is 10.4. The molecule has 0 atom stereocenters. The van der Waals surface area contributed by atoms with Crippen LogP contribution in [0.25, 0.3) is 5.65 Å². The SMILES string of the molecule is c1ccc(C2(c3nnc4cnccn34)CCNCC2)cc1. The summed E-state index contributed by atoms with van der Waals surface area (Å²) >= 11 is 0. The van der Waals surface area contributed by atoms with E-state index in [0.29, 0.717) is 0 Å². The fraction of sp³-hybridized carbons (Fsp3) is 0.312. The van der Waals surface area contributed by atoms with Gasteiger partial charge in [-0.25, -0.2) is 0 Å². The van der Waals surface area contributed by atoms with Crippen LogP contribution in [0.4, 0.5) is 0 Å². The lowest BCUT2D eigenvalue weighted by atomic mass is 9.72. The van der Waals surface area contributed by atoms with Gasteiger partial charge in [0.2, 0.25) is 0 Å². The summed E-state index contributed by atoms with van der Waals surface area (Å²) in [6, 6.07) is 10.7. The van der Waals surface area contributed by atoms with Crippen molar-refractivity contribution < 1.29 is 0 Å². The number of fused-ring (bicyclic) bond motifs is 1. The second-order valence-electron chi connectivity index (χ2n) is 5.53. The number of hydrogen-bond acceptors (Lipinski definition) is 4. The smallest absolute Gasteiger partial charge is 0.179 e. The number of benzene rings is 1. The molecule has 0 unspecified atom stereocenters. The second-order valence-corrected chi connectivity index (χ2v) is 5.53. The monoisotopic (exact) mass is 279 g/mol. The molecular weight excluding hydrogens is 262 g/mol.